The second-order valence-electron chi connectivity index (χ2n) is 0.214. The van der Waals surface area contributed by atoms with E-state index in [0.29, 0.717) is 0 Å². The first kappa shape index (κ1) is 9.64. The van der Waals surface area contributed by atoms with Gasteiger partial charge < -0.3 is 0 Å². The van der Waals surface area contributed by atoms with Crippen molar-refractivity contribution in [3.63, 3.8) is 0 Å². The third-order valence-corrected chi connectivity index (χ3v) is 0. The molecule has 1 radical (unpaired) electrons. The highest BCUT2D eigenvalue weighted by Crippen LogP contribution is 2.15. The lowest BCUT2D eigenvalue weighted by Gasteiger charge is -1.66. The summed E-state index contributed by atoms with van der Waals surface area (Å²) < 4.78 is -0.167. The van der Waals surface area contributed by atoms with E-state index < -0.39 is 0 Å². The maximum atomic E-state index is 4.72. The van der Waals surface area contributed by atoms with E-state index in [2.05, 4.69) is 0 Å². The first-order chi connectivity index (χ1) is 1.73. The molecule has 0 spiro atoms. The molecule has 0 aliphatic heterocycles. The molecule has 0 unspecified atom stereocenters. The molecule has 31 valence electrons. The van der Waals surface area contributed by atoms with Gasteiger partial charge in [0.2, 0.25) is 4.30 Å². The fourth-order valence-corrected chi connectivity index (χ4v) is 0. The predicted molar refractivity (Wildman–Crippen MR) is 30.7 cm³/mol. The summed E-state index contributed by atoms with van der Waals surface area (Å²) >= 11 is 14.2. The molecular formula is CH3AlCl3. The molecule has 0 aliphatic carbocycles. The van der Waals surface area contributed by atoms with Crippen LogP contribution in [0, 0.1) is 4.30 Å². The van der Waals surface area contributed by atoms with E-state index in [1.807, 2.05) is 0 Å². The third-order valence-electron chi connectivity index (χ3n) is 0. The van der Waals surface area contributed by atoms with Gasteiger partial charge in [-0.2, -0.15) is 0 Å². The van der Waals surface area contributed by atoms with Crippen molar-refractivity contribution in [3.8, 4) is 0 Å². The minimum absolute atomic E-state index is 0. The molecule has 0 bridgehead atoms. The Morgan fingerprint density at radius 3 is 1.00 bits per heavy atom. The van der Waals surface area contributed by atoms with Crippen LogP contribution in [0.3, 0.4) is 0 Å². The van der Waals surface area contributed by atoms with Crippen LogP contribution in [0.4, 0.5) is 0 Å². The van der Waals surface area contributed by atoms with Crippen molar-refractivity contribution in [2.75, 3.05) is 0 Å². The summed E-state index contributed by atoms with van der Waals surface area (Å²) in [4.78, 5) is 0. The molecule has 0 aromatic heterocycles. The van der Waals surface area contributed by atoms with Gasteiger partial charge >= 0.3 is 0 Å². The topological polar surface area (TPSA) is 0 Å². The van der Waals surface area contributed by atoms with Crippen LogP contribution in [-0.4, -0.2) is 17.4 Å². The van der Waals surface area contributed by atoms with E-state index >= 15 is 0 Å². The Hall–Kier alpha value is 1.40. The van der Waals surface area contributed by atoms with Crippen LogP contribution >= 0.6 is 34.8 Å². The Morgan fingerprint density at radius 1 is 1.00 bits per heavy atom. The zero-order valence-corrected chi connectivity index (χ0v) is 3.90. The Bertz CT molecular complexity index is 11.6. The third kappa shape index (κ3) is 31.8. The summed E-state index contributed by atoms with van der Waals surface area (Å²) in [5.41, 5.74) is 0. The van der Waals surface area contributed by atoms with Crippen LogP contribution in [-0.2, 0) is 0 Å². The molecule has 4 heteroatoms. The van der Waals surface area contributed by atoms with Crippen LogP contribution in [0.5, 0.6) is 0 Å². The quantitative estimate of drug-likeness (QED) is 0.449. The highest BCUT2D eigenvalue weighted by molar-refractivity contribution is 6.72. The fraction of sp³-hybridized carbons (Fsp3) is 0. The van der Waals surface area contributed by atoms with Gasteiger partial charge in [-0.1, -0.05) is 34.8 Å². The minimum Gasteiger partial charge on any atom is -0.0788 e. The standard InChI is InChI=1S/CCl3.Al.3H/c2-1(3)4;;;;. The van der Waals surface area contributed by atoms with Gasteiger partial charge in [0.25, 0.3) is 0 Å². The summed E-state index contributed by atoms with van der Waals surface area (Å²) in [7, 11) is 0. The first-order valence-corrected chi connectivity index (χ1v) is 1.70. The summed E-state index contributed by atoms with van der Waals surface area (Å²) in [6, 6.07) is 0. The highest BCUT2D eigenvalue weighted by Gasteiger charge is 1.82. The molecule has 0 saturated heterocycles. The van der Waals surface area contributed by atoms with E-state index in [1.165, 1.54) is 0 Å². The first-order valence-electron chi connectivity index (χ1n) is 0.567. The van der Waals surface area contributed by atoms with Crippen LogP contribution in [0.25, 0.3) is 0 Å². The van der Waals surface area contributed by atoms with Crippen LogP contribution in [0.15, 0.2) is 0 Å². The molecule has 0 N–H and O–H groups in total. The normalized spacial score (nSPS) is 7.20. The molecule has 0 atom stereocenters. The van der Waals surface area contributed by atoms with Crippen molar-refractivity contribution in [3.05, 3.63) is 4.30 Å². The van der Waals surface area contributed by atoms with Crippen LogP contribution < -0.4 is 0 Å². The summed E-state index contributed by atoms with van der Waals surface area (Å²) in [5, 5.41) is 0. The number of halogens is 3. The minimum atomic E-state index is -0.167. The van der Waals surface area contributed by atoms with E-state index in [1.54, 1.807) is 0 Å². The van der Waals surface area contributed by atoms with Gasteiger partial charge in [-0.05, 0) is 0 Å². The van der Waals surface area contributed by atoms with Gasteiger partial charge in [0.1, 0.15) is 0 Å². The molecule has 0 aromatic carbocycles. The molecule has 0 heterocycles. The maximum Gasteiger partial charge on any atom is 0.236 e. The second-order valence-corrected chi connectivity index (χ2v) is 1.93. The molecule has 0 amide bonds. The zero-order chi connectivity index (χ0) is 3.58. The van der Waals surface area contributed by atoms with Crippen molar-refractivity contribution in [2.45, 2.75) is 0 Å². The molecule has 5 heavy (non-hydrogen) atoms. The SMILES string of the molecule is Cl[C](Cl)Cl.[AlH3]. The second kappa shape index (κ2) is 5.40. The van der Waals surface area contributed by atoms with Crippen molar-refractivity contribution in [1.29, 1.82) is 0 Å². The van der Waals surface area contributed by atoms with Gasteiger partial charge in [-0.3, -0.25) is 0 Å². The average Bonchev–Trinajstić information content (AvgIpc) is 0.811. The monoisotopic (exact) mass is 147 g/mol. The summed E-state index contributed by atoms with van der Waals surface area (Å²) in [6.07, 6.45) is 0. The van der Waals surface area contributed by atoms with E-state index in [4.69, 9.17) is 34.8 Å². The summed E-state index contributed by atoms with van der Waals surface area (Å²) in [6.45, 7) is 0. The molecule has 0 fully saturated rings. The fourth-order valence-electron chi connectivity index (χ4n) is 0. The number of rotatable bonds is 0. The van der Waals surface area contributed by atoms with E-state index in [9.17, 15) is 0 Å². The average molecular weight is 148 g/mol. The van der Waals surface area contributed by atoms with Crippen molar-refractivity contribution in [2.24, 2.45) is 0 Å². The molecule has 0 rings (SSSR count). The lowest BCUT2D eigenvalue weighted by molar-refractivity contribution is 2.38. The zero-order valence-electron chi connectivity index (χ0n) is 1.63. The molecular weight excluding hydrogens is 145 g/mol. The van der Waals surface area contributed by atoms with Gasteiger partial charge in [0, 0.05) is 0 Å². The Morgan fingerprint density at radius 2 is 1.00 bits per heavy atom. The number of hydrogen-bond donors (Lipinski definition) is 0. The molecule has 0 nitrogen and oxygen atoms in total. The maximum absolute atomic E-state index is 4.72. The Balaban J connectivity index is 0. The smallest absolute Gasteiger partial charge is 0.0788 e. The van der Waals surface area contributed by atoms with E-state index in [0.717, 1.165) is 0 Å². The molecule has 0 aliphatic rings. The van der Waals surface area contributed by atoms with Crippen molar-refractivity contribution < 1.29 is 0 Å². The lowest BCUT2D eigenvalue weighted by atomic mass is 11.9. The van der Waals surface area contributed by atoms with E-state index in [-0.39, 0.29) is 21.7 Å². The number of hydrogen-bond acceptors (Lipinski definition) is 0. The lowest BCUT2D eigenvalue weighted by Crippen LogP contribution is -1.37. The molecule has 0 aromatic rings. The summed E-state index contributed by atoms with van der Waals surface area (Å²) in [5.74, 6) is 0. The van der Waals surface area contributed by atoms with Gasteiger partial charge in [0.05, 0.1) is 0 Å². The Kier molecular flexibility index (Phi) is 10.4. The van der Waals surface area contributed by atoms with Gasteiger partial charge in [-0.25, -0.2) is 0 Å². The van der Waals surface area contributed by atoms with Gasteiger partial charge in [0.15, 0.2) is 17.4 Å². The van der Waals surface area contributed by atoms with Crippen LogP contribution in [0.2, 0.25) is 0 Å². The van der Waals surface area contributed by atoms with Crippen LogP contribution in [0.1, 0.15) is 0 Å². The van der Waals surface area contributed by atoms with Crippen molar-refractivity contribution in [1.82, 2.24) is 0 Å². The van der Waals surface area contributed by atoms with Crippen molar-refractivity contribution >= 4 is 52.2 Å². The Labute approximate surface area is 56.5 Å². The molecule has 0 saturated carbocycles. The highest BCUT2D eigenvalue weighted by atomic mass is 35.6. The predicted octanol–water partition coefficient (Wildman–Crippen LogP) is 0.966. The van der Waals surface area contributed by atoms with Gasteiger partial charge in [-0.15, -0.1) is 0 Å². The largest absolute Gasteiger partial charge is 0.236 e.